The quantitative estimate of drug-likeness (QED) is 0.112. The zero-order valence-electron chi connectivity index (χ0n) is 22.1. The average Bonchev–Trinajstić information content (AvgIpc) is 2.80. The molecule has 0 bridgehead atoms. The van der Waals surface area contributed by atoms with Crippen LogP contribution in [0.3, 0.4) is 0 Å². The van der Waals surface area contributed by atoms with E-state index >= 15 is 0 Å². The standard InChI is InChI=1S/C27H50N2O6/c1-3-4-5-6-7-8-9-10-11-12-13-14-15-16-17-18-24(31)28-20-19-27(2,26(34)35)29(21-22-30)23-25(32)33/h10-11,30H,3-9,12-23H2,1-2H3,(H,28,31)(H,32,33)(H,34,35)/b11-10-. The molecule has 0 aromatic heterocycles. The summed E-state index contributed by atoms with van der Waals surface area (Å²) in [5, 5.41) is 30.6. The number of rotatable bonds is 24. The molecule has 0 aromatic carbocycles. The molecule has 0 radical (unpaired) electrons. The zero-order chi connectivity index (χ0) is 26.4. The van der Waals surface area contributed by atoms with E-state index in [9.17, 15) is 24.6 Å². The van der Waals surface area contributed by atoms with Crippen LogP contribution in [-0.2, 0) is 14.4 Å². The Labute approximate surface area is 212 Å². The Balaban J connectivity index is 3.91. The van der Waals surface area contributed by atoms with Crippen molar-refractivity contribution in [2.75, 3.05) is 26.2 Å². The number of hydrogen-bond donors (Lipinski definition) is 4. The van der Waals surface area contributed by atoms with Gasteiger partial charge in [-0.1, -0.05) is 70.4 Å². The summed E-state index contributed by atoms with van der Waals surface area (Å²) in [7, 11) is 0. The van der Waals surface area contributed by atoms with Crippen LogP contribution in [0.5, 0.6) is 0 Å². The molecule has 8 heteroatoms. The first kappa shape index (κ1) is 33.1. The fourth-order valence-electron chi connectivity index (χ4n) is 4.07. The lowest BCUT2D eigenvalue weighted by molar-refractivity contribution is -0.154. The molecule has 0 aromatic rings. The predicted octanol–water partition coefficient (Wildman–Crippen LogP) is 4.75. The van der Waals surface area contributed by atoms with Crippen LogP contribution < -0.4 is 5.32 Å². The number of allylic oxidation sites excluding steroid dienone is 2. The van der Waals surface area contributed by atoms with E-state index in [1.54, 1.807) is 0 Å². The van der Waals surface area contributed by atoms with E-state index in [1.807, 2.05) is 0 Å². The molecule has 0 heterocycles. The highest BCUT2D eigenvalue weighted by Crippen LogP contribution is 2.19. The van der Waals surface area contributed by atoms with Crippen LogP contribution >= 0.6 is 0 Å². The molecule has 4 N–H and O–H groups in total. The van der Waals surface area contributed by atoms with Gasteiger partial charge in [0.05, 0.1) is 13.2 Å². The van der Waals surface area contributed by atoms with Gasteiger partial charge in [0.1, 0.15) is 5.54 Å². The number of β-amino-alcohol motifs (C(OH)–C–C–N with tert-alkyl or cyclic N) is 1. The molecule has 8 nitrogen and oxygen atoms in total. The van der Waals surface area contributed by atoms with Crippen molar-refractivity contribution in [2.45, 2.75) is 116 Å². The minimum atomic E-state index is -1.49. The number of aliphatic carboxylic acids is 2. The second-order valence-electron chi connectivity index (χ2n) is 9.55. The largest absolute Gasteiger partial charge is 0.480 e. The summed E-state index contributed by atoms with van der Waals surface area (Å²) in [6.45, 7) is 2.88. The van der Waals surface area contributed by atoms with Crippen LogP contribution in [0.2, 0.25) is 0 Å². The SMILES string of the molecule is CCCCCCCC/C=C\CCCCCCCC(=O)NCCC(C)(C(=O)O)N(CCO)CC(=O)O. The second kappa shape index (κ2) is 21.4. The van der Waals surface area contributed by atoms with Crippen LogP contribution in [0.4, 0.5) is 0 Å². The van der Waals surface area contributed by atoms with Crippen LogP contribution in [0.25, 0.3) is 0 Å². The number of carbonyl (C=O) groups is 3. The molecule has 0 aliphatic heterocycles. The molecular weight excluding hydrogens is 448 g/mol. The zero-order valence-corrected chi connectivity index (χ0v) is 22.1. The van der Waals surface area contributed by atoms with Crippen LogP contribution in [0.15, 0.2) is 12.2 Å². The van der Waals surface area contributed by atoms with Crippen molar-refractivity contribution < 1.29 is 29.7 Å². The topological polar surface area (TPSA) is 127 Å². The van der Waals surface area contributed by atoms with Crippen molar-refractivity contribution >= 4 is 17.8 Å². The fraction of sp³-hybridized carbons (Fsp3) is 0.815. The molecule has 35 heavy (non-hydrogen) atoms. The number of unbranched alkanes of at least 4 members (excludes halogenated alkanes) is 11. The molecule has 0 spiro atoms. The van der Waals surface area contributed by atoms with Gasteiger partial charge in [-0.15, -0.1) is 0 Å². The van der Waals surface area contributed by atoms with E-state index in [4.69, 9.17) is 5.11 Å². The number of carboxylic acids is 2. The number of nitrogens with zero attached hydrogens (tertiary/aromatic N) is 1. The predicted molar refractivity (Wildman–Crippen MR) is 139 cm³/mol. The lowest BCUT2D eigenvalue weighted by Gasteiger charge is -2.36. The Morgan fingerprint density at radius 2 is 1.40 bits per heavy atom. The van der Waals surface area contributed by atoms with Gasteiger partial charge in [0.2, 0.25) is 5.91 Å². The summed E-state index contributed by atoms with van der Waals surface area (Å²) in [4.78, 5) is 36.2. The molecule has 0 fully saturated rings. The highest BCUT2D eigenvalue weighted by molar-refractivity contribution is 5.80. The van der Waals surface area contributed by atoms with Crippen molar-refractivity contribution in [3.8, 4) is 0 Å². The number of carboxylic acid groups (broad SMARTS) is 2. The highest BCUT2D eigenvalue weighted by Gasteiger charge is 2.39. The first-order chi connectivity index (χ1) is 16.8. The minimum absolute atomic E-state index is 0.0493. The number of nitrogens with one attached hydrogen (secondary N) is 1. The van der Waals surface area contributed by atoms with E-state index in [-0.39, 0.29) is 32.0 Å². The Kier molecular flexibility index (Phi) is 20.2. The Morgan fingerprint density at radius 1 is 0.857 bits per heavy atom. The summed E-state index contributed by atoms with van der Waals surface area (Å²) >= 11 is 0. The first-order valence-electron chi connectivity index (χ1n) is 13.5. The van der Waals surface area contributed by atoms with Gasteiger partial charge in [0, 0.05) is 19.5 Å². The van der Waals surface area contributed by atoms with Gasteiger partial charge in [-0.3, -0.25) is 19.3 Å². The van der Waals surface area contributed by atoms with Gasteiger partial charge in [-0.05, 0) is 45.4 Å². The Morgan fingerprint density at radius 3 is 1.91 bits per heavy atom. The van der Waals surface area contributed by atoms with E-state index < -0.39 is 24.0 Å². The molecule has 0 saturated carbocycles. The minimum Gasteiger partial charge on any atom is -0.480 e. The van der Waals surface area contributed by atoms with Gasteiger partial charge in [-0.2, -0.15) is 0 Å². The van der Waals surface area contributed by atoms with Crippen LogP contribution in [0.1, 0.15) is 110 Å². The summed E-state index contributed by atoms with van der Waals surface area (Å²) in [5.74, 6) is -2.47. The maximum Gasteiger partial charge on any atom is 0.323 e. The molecular formula is C27H50N2O6. The number of amides is 1. The molecule has 1 amide bonds. The van der Waals surface area contributed by atoms with Crippen LogP contribution in [0, 0.1) is 0 Å². The average molecular weight is 499 g/mol. The number of hydrogen-bond acceptors (Lipinski definition) is 5. The van der Waals surface area contributed by atoms with Crippen molar-refractivity contribution in [1.82, 2.24) is 10.2 Å². The lowest BCUT2D eigenvalue weighted by atomic mass is 9.95. The second-order valence-corrected chi connectivity index (χ2v) is 9.55. The van der Waals surface area contributed by atoms with E-state index in [2.05, 4.69) is 24.4 Å². The molecule has 1 unspecified atom stereocenters. The number of aliphatic hydroxyl groups is 1. The normalized spacial score (nSPS) is 13.3. The van der Waals surface area contributed by atoms with Gasteiger partial charge >= 0.3 is 11.9 Å². The molecule has 0 rings (SSSR count). The Bertz CT molecular complexity index is 610. The van der Waals surface area contributed by atoms with E-state index in [1.165, 1.54) is 63.2 Å². The maximum atomic E-state index is 12.1. The highest BCUT2D eigenvalue weighted by atomic mass is 16.4. The molecule has 1 atom stereocenters. The molecule has 0 aliphatic rings. The van der Waals surface area contributed by atoms with Gasteiger partial charge in [0.25, 0.3) is 0 Å². The fourth-order valence-corrected chi connectivity index (χ4v) is 4.07. The Hall–Kier alpha value is -1.93. The van der Waals surface area contributed by atoms with Crippen molar-refractivity contribution in [3.05, 3.63) is 12.2 Å². The summed E-state index contributed by atoms with van der Waals surface area (Å²) in [6, 6.07) is 0. The van der Waals surface area contributed by atoms with Crippen LogP contribution in [-0.4, -0.2) is 69.8 Å². The first-order valence-corrected chi connectivity index (χ1v) is 13.5. The van der Waals surface area contributed by atoms with Gasteiger partial charge < -0.3 is 20.6 Å². The monoisotopic (exact) mass is 498 g/mol. The van der Waals surface area contributed by atoms with Crippen molar-refractivity contribution in [1.29, 1.82) is 0 Å². The maximum absolute atomic E-state index is 12.1. The third-order valence-corrected chi connectivity index (χ3v) is 6.45. The lowest BCUT2D eigenvalue weighted by Crippen LogP contribution is -2.56. The van der Waals surface area contributed by atoms with Crippen molar-refractivity contribution in [2.24, 2.45) is 0 Å². The van der Waals surface area contributed by atoms with Gasteiger partial charge in [-0.25, -0.2) is 0 Å². The number of carbonyl (C=O) groups excluding carboxylic acids is 1. The van der Waals surface area contributed by atoms with Gasteiger partial charge in [0.15, 0.2) is 0 Å². The summed E-state index contributed by atoms with van der Waals surface area (Å²) < 4.78 is 0. The summed E-state index contributed by atoms with van der Waals surface area (Å²) in [5.41, 5.74) is -1.49. The molecule has 0 aliphatic carbocycles. The third kappa shape index (κ3) is 17.2. The van der Waals surface area contributed by atoms with Crippen molar-refractivity contribution in [3.63, 3.8) is 0 Å². The molecule has 0 saturated heterocycles. The van der Waals surface area contributed by atoms with E-state index in [0.29, 0.717) is 6.42 Å². The smallest absolute Gasteiger partial charge is 0.323 e. The molecule has 204 valence electrons. The summed E-state index contributed by atoms with van der Waals surface area (Å²) in [6.07, 6.45) is 20.6. The number of aliphatic hydroxyl groups excluding tert-OH is 1. The van der Waals surface area contributed by atoms with E-state index in [0.717, 1.165) is 32.1 Å². The third-order valence-electron chi connectivity index (χ3n) is 6.45.